The predicted molar refractivity (Wildman–Crippen MR) is 98.6 cm³/mol. The van der Waals surface area contributed by atoms with Crippen LogP contribution in [0.15, 0.2) is 23.2 Å². The molecular formula is C18H22FN3OS. The molecule has 1 aliphatic carbocycles. The van der Waals surface area contributed by atoms with Gasteiger partial charge in [-0.3, -0.25) is 4.99 Å². The fourth-order valence-corrected chi connectivity index (χ4v) is 4.67. The number of halogens is 1. The maximum Gasteiger partial charge on any atom is 0.126 e. The summed E-state index contributed by atoms with van der Waals surface area (Å²) >= 11 is 1.70. The molecule has 1 aromatic carbocycles. The Labute approximate surface area is 144 Å². The molecule has 4 rings (SSSR count). The smallest absolute Gasteiger partial charge is 0.126 e. The van der Waals surface area contributed by atoms with Gasteiger partial charge in [-0.2, -0.15) is 0 Å². The van der Waals surface area contributed by atoms with E-state index in [-0.39, 0.29) is 18.5 Å². The quantitative estimate of drug-likeness (QED) is 0.769. The molecule has 1 atom stereocenters. The summed E-state index contributed by atoms with van der Waals surface area (Å²) in [5.41, 5.74) is 2.74. The number of aliphatic hydroxyl groups excluding tert-OH is 1. The maximum atomic E-state index is 14.0. The second-order valence-electron chi connectivity index (χ2n) is 6.64. The third-order valence-electron chi connectivity index (χ3n) is 4.81. The zero-order valence-corrected chi connectivity index (χ0v) is 14.3. The van der Waals surface area contributed by atoms with E-state index in [1.54, 1.807) is 23.9 Å². The average Bonchev–Trinajstić information content (AvgIpc) is 3.26. The highest BCUT2D eigenvalue weighted by Gasteiger charge is 2.22. The van der Waals surface area contributed by atoms with Gasteiger partial charge < -0.3 is 15.4 Å². The fraction of sp³-hybridized carbons (Fsp3) is 0.500. The van der Waals surface area contributed by atoms with Crippen molar-refractivity contribution in [2.75, 3.05) is 17.7 Å². The second kappa shape index (κ2) is 6.76. The third kappa shape index (κ3) is 3.17. The van der Waals surface area contributed by atoms with Gasteiger partial charge in [-0.15, -0.1) is 11.8 Å². The SMILES string of the molecule is OCC[C@@H]1CSC(c2cc3cc(F)cc(NC4CCCC4)c3[nH]2)=N1. The number of aliphatic imine (C=N–C) groups is 1. The number of fused-ring (bicyclic) bond motifs is 1. The van der Waals surface area contributed by atoms with E-state index in [9.17, 15) is 4.39 Å². The maximum absolute atomic E-state index is 14.0. The Balaban J connectivity index is 1.66. The summed E-state index contributed by atoms with van der Waals surface area (Å²) in [5.74, 6) is 0.681. The van der Waals surface area contributed by atoms with Crippen LogP contribution in [0, 0.1) is 5.82 Å². The molecule has 128 valence electrons. The van der Waals surface area contributed by atoms with Crippen LogP contribution in [0.25, 0.3) is 10.9 Å². The number of H-pyrrole nitrogens is 1. The van der Waals surface area contributed by atoms with Crippen LogP contribution in [0.1, 0.15) is 37.8 Å². The van der Waals surface area contributed by atoms with Gasteiger partial charge in [0.1, 0.15) is 10.9 Å². The molecule has 24 heavy (non-hydrogen) atoms. The molecule has 1 saturated carbocycles. The molecule has 1 aliphatic heterocycles. The molecule has 2 aliphatic rings. The van der Waals surface area contributed by atoms with Crippen LogP contribution in [0.5, 0.6) is 0 Å². The lowest BCUT2D eigenvalue weighted by molar-refractivity contribution is 0.280. The Morgan fingerprint density at radius 2 is 2.12 bits per heavy atom. The number of aromatic amines is 1. The van der Waals surface area contributed by atoms with E-state index >= 15 is 0 Å². The lowest BCUT2D eigenvalue weighted by Gasteiger charge is -2.14. The Morgan fingerprint density at radius 1 is 1.29 bits per heavy atom. The third-order valence-corrected chi connectivity index (χ3v) is 5.96. The number of nitrogens with one attached hydrogen (secondary N) is 2. The van der Waals surface area contributed by atoms with Gasteiger partial charge in [-0.05, 0) is 37.5 Å². The van der Waals surface area contributed by atoms with Gasteiger partial charge >= 0.3 is 0 Å². The molecule has 0 radical (unpaired) electrons. The minimum atomic E-state index is -0.215. The first-order chi connectivity index (χ1) is 11.7. The topological polar surface area (TPSA) is 60.4 Å². The molecule has 1 fully saturated rings. The van der Waals surface area contributed by atoms with Crippen LogP contribution in [0.2, 0.25) is 0 Å². The monoisotopic (exact) mass is 347 g/mol. The van der Waals surface area contributed by atoms with Crippen molar-refractivity contribution < 1.29 is 9.50 Å². The van der Waals surface area contributed by atoms with Crippen molar-refractivity contribution in [3.63, 3.8) is 0 Å². The Bertz CT molecular complexity index is 767. The van der Waals surface area contributed by atoms with Crippen molar-refractivity contribution >= 4 is 33.4 Å². The van der Waals surface area contributed by atoms with E-state index in [2.05, 4.69) is 15.3 Å². The van der Waals surface area contributed by atoms with Crippen LogP contribution >= 0.6 is 11.8 Å². The highest BCUT2D eigenvalue weighted by molar-refractivity contribution is 8.14. The van der Waals surface area contributed by atoms with Gasteiger partial charge in [0.25, 0.3) is 0 Å². The number of thioether (sulfide) groups is 1. The zero-order chi connectivity index (χ0) is 16.5. The summed E-state index contributed by atoms with van der Waals surface area (Å²) < 4.78 is 14.0. The minimum absolute atomic E-state index is 0.162. The van der Waals surface area contributed by atoms with Gasteiger partial charge in [0.2, 0.25) is 0 Å². The Kier molecular flexibility index (Phi) is 4.50. The molecular weight excluding hydrogens is 325 g/mol. The molecule has 0 bridgehead atoms. The van der Waals surface area contributed by atoms with Crippen LogP contribution in [-0.4, -0.2) is 39.6 Å². The summed E-state index contributed by atoms with van der Waals surface area (Å²) in [5, 5.41) is 14.4. The highest BCUT2D eigenvalue weighted by Crippen LogP contribution is 2.32. The molecule has 0 unspecified atom stereocenters. The van der Waals surface area contributed by atoms with Gasteiger partial charge in [-0.1, -0.05) is 12.8 Å². The molecule has 2 heterocycles. The van der Waals surface area contributed by atoms with Gasteiger partial charge in [0.05, 0.1) is 22.9 Å². The Morgan fingerprint density at radius 3 is 2.92 bits per heavy atom. The summed E-state index contributed by atoms with van der Waals surface area (Å²) in [6, 6.07) is 5.74. The van der Waals surface area contributed by atoms with Gasteiger partial charge in [0.15, 0.2) is 0 Å². The minimum Gasteiger partial charge on any atom is -0.396 e. The molecule has 0 amide bonds. The highest BCUT2D eigenvalue weighted by atomic mass is 32.2. The van der Waals surface area contributed by atoms with Gasteiger partial charge in [-0.25, -0.2) is 4.39 Å². The van der Waals surface area contributed by atoms with E-state index in [4.69, 9.17) is 5.11 Å². The van der Waals surface area contributed by atoms with Crippen molar-refractivity contribution in [3.8, 4) is 0 Å². The van der Waals surface area contributed by atoms with Gasteiger partial charge in [0, 0.05) is 23.8 Å². The first kappa shape index (κ1) is 16.0. The molecule has 4 nitrogen and oxygen atoms in total. The zero-order valence-electron chi connectivity index (χ0n) is 13.5. The lowest BCUT2D eigenvalue weighted by atomic mass is 10.2. The number of nitrogens with zero attached hydrogens (tertiary/aromatic N) is 1. The van der Waals surface area contributed by atoms with E-state index in [1.807, 2.05) is 6.07 Å². The molecule has 1 aromatic heterocycles. The first-order valence-electron chi connectivity index (χ1n) is 8.63. The van der Waals surface area contributed by atoms with Crippen molar-refractivity contribution in [2.45, 2.75) is 44.2 Å². The summed E-state index contributed by atoms with van der Waals surface area (Å²) in [4.78, 5) is 8.10. The van der Waals surface area contributed by atoms with Crippen LogP contribution in [0.3, 0.4) is 0 Å². The number of hydrogen-bond acceptors (Lipinski definition) is 4. The number of benzene rings is 1. The first-order valence-corrected chi connectivity index (χ1v) is 9.62. The number of aromatic nitrogens is 1. The molecule has 2 aromatic rings. The molecule has 3 N–H and O–H groups in total. The van der Waals surface area contributed by atoms with Crippen molar-refractivity contribution in [3.05, 3.63) is 29.7 Å². The Hall–Kier alpha value is -1.53. The van der Waals surface area contributed by atoms with Crippen molar-refractivity contribution in [1.82, 2.24) is 4.98 Å². The van der Waals surface area contributed by atoms with E-state index in [0.29, 0.717) is 12.5 Å². The summed E-state index contributed by atoms with van der Waals surface area (Å²) in [6.45, 7) is 0.162. The van der Waals surface area contributed by atoms with Crippen LogP contribution < -0.4 is 5.32 Å². The van der Waals surface area contributed by atoms with Crippen LogP contribution in [-0.2, 0) is 0 Å². The van der Waals surface area contributed by atoms with Crippen LogP contribution in [0.4, 0.5) is 10.1 Å². The fourth-order valence-electron chi connectivity index (χ4n) is 3.59. The van der Waals surface area contributed by atoms with E-state index in [0.717, 1.165) is 45.9 Å². The van der Waals surface area contributed by atoms with E-state index in [1.165, 1.54) is 12.8 Å². The molecule has 6 heteroatoms. The number of aliphatic hydroxyl groups is 1. The number of rotatable bonds is 5. The lowest BCUT2D eigenvalue weighted by Crippen LogP contribution is -2.14. The predicted octanol–water partition coefficient (Wildman–Crippen LogP) is 3.91. The average molecular weight is 347 g/mol. The summed E-state index contributed by atoms with van der Waals surface area (Å²) in [6.07, 6.45) is 5.48. The molecule has 0 saturated heterocycles. The largest absolute Gasteiger partial charge is 0.396 e. The number of anilines is 1. The van der Waals surface area contributed by atoms with E-state index < -0.39 is 0 Å². The number of hydrogen-bond donors (Lipinski definition) is 3. The van der Waals surface area contributed by atoms with Crippen molar-refractivity contribution in [2.24, 2.45) is 4.99 Å². The molecule has 0 spiro atoms. The summed E-state index contributed by atoms with van der Waals surface area (Å²) in [7, 11) is 0. The van der Waals surface area contributed by atoms with Crippen molar-refractivity contribution in [1.29, 1.82) is 0 Å². The standard InChI is InChI=1S/C18H22FN3OS/c19-12-7-11-8-16(18-21-14(5-6-23)10-24-18)22-17(11)15(9-12)20-13-3-1-2-4-13/h7-9,13-14,20,22-23H,1-6,10H2/t14-/m1/s1. The second-order valence-corrected chi connectivity index (χ2v) is 7.65. The normalized spacial score (nSPS) is 21.6.